The second-order valence-corrected chi connectivity index (χ2v) is 3.10. The van der Waals surface area contributed by atoms with Crippen LogP contribution in [0, 0.1) is 0 Å². The second kappa shape index (κ2) is 1.68. The molecule has 0 aliphatic carbocycles. The van der Waals surface area contributed by atoms with Gasteiger partial charge in [-0.2, -0.15) is 0 Å². The second-order valence-electron chi connectivity index (χ2n) is 3.10. The lowest BCUT2D eigenvalue weighted by molar-refractivity contribution is 0.186. The van der Waals surface area contributed by atoms with E-state index in [-0.39, 0.29) is 12.1 Å². The standard InChI is InChI=1S/C6H12N2O/c9-4-6-1-5(2-8-6)7-3-6/h5,7-9H,1-4H2/t5-,6-/m0/s1. The minimum absolute atomic E-state index is 0.0463. The van der Waals surface area contributed by atoms with E-state index < -0.39 is 0 Å². The Labute approximate surface area is 54.4 Å². The Balaban J connectivity index is 2.13. The Morgan fingerprint density at radius 2 is 2.56 bits per heavy atom. The van der Waals surface area contributed by atoms with Crippen LogP contribution in [0.5, 0.6) is 0 Å². The van der Waals surface area contributed by atoms with Crippen molar-refractivity contribution in [3.63, 3.8) is 0 Å². The molecule has 3 N–H and O–H groups in total. The number of aliphatic hydroxyl groups is 1. The molecule has 0 amide bonds. The summed E-state index contributed by atoms with van der Waals surface area (Å²) in [6.45, 7) is 2.24. The van der Waals surface area contributed by atoms with Crippen molar-refractivity contribution in [2.75, 3.05) is 19.7 Å². The number of hydrogen-bond acceptors (Lipinski definition) is 3. The largest absolute Gasteiger partial charge is 0.394 e. The fraction of sp³-hybridized carbons (Fsp3) is 1.00. The lowest BCUT2D eigenvalue weighted by Gasteiger charge is -2.24. The average molecular weight is 128 g/mol. The van der Waals surface area contributed by atoms with E-state index in [9.17, 15) is 0 Å². The van der Waals surface area contributed by atoms with Gasteiger partial charge < -0.3 is 15.7 Å². The van der Waals surface area contributed by atoms with Gasteiger partial charge in [-0.05, 0) is 6.42 Å². The minimum Gasteiger partial charge on any atom is -0.394 e. The van der Waals surface area contributed by atoms with Crippen molar-refractivity contribution in [1.29, 1.82) is 0 Å². The molecule has 3 nitrogen and oxygen atoms in total. The topological polar surface area (TPSA) is 44.3 Å². The highest BCUT2D eigenvalue weighted by molar-refractivity contribution is 5.07. The summed E-state index contributed by atoms with van der Waals surface area (Å²) >= 11 is 0. The zero-order valence-corrected chi connectivity index (χ0v) is 5.35. The van der Waals surface area contributed by atoms with Gasteiger partial charge in [0.25, 0.3) is 0 Å². The van der Waals surface area contributed by atoms with Crippen LogP contribution >= 0.6 is 0 Å². The molecule has 0 aromatic carbocycles. The van der Waals surface area contributed by atoms with Gasteiger partial charge in [0, 0.05) is 19.1 Å². The Hall–Kier alpha value is -0.120. The molecule has 2 atom stereocenters. The van der Waals surface area contributed by atoms with Gasteiger partial charge in [0.05, 0.1) is 12.1 Å². The predicted molar refractivity (Wildman–Crippen MR) is 34.2 cm³/mol. The number of nitrogens with one attached hydrogen (secondary N) is 2. The summed E-state index contributed by atoms with van der Waals surface area (Å²) in [6, 6.07) is 0.622. The van der Waals surface area contributed by atoms with Gasteiger partial charge in [-0.1, -0.05) is 0 Å². The zero-order chi connectivity index (χ0) is 6.32. The van der Waals surface area contributed by atoms with Gasteiger partial charge in [0.2, 0.25) is 0 Å². The van der Waals surface area contributed by atoms with E-state index >= 15 is 0 Å². The highest BCUT2D eigenvalue weighted by atomic mass is 16.3. The van der Waals surface area contributed by atoms with Crippen molar-refractivity contribution in [2.45, 2.75) is 18.0 Å². The van der Waals surface area contributed by atoms with Gasteiger partial charge in [-0.15, -0.1) is 0 Å². The molecule has 0 aromatic heterocycles. The maximum absolute atomic E-state index is 8.94. The molecule has 0 spiro atoms. The molecule has 0 unspecified atom stereocenters. The molecule has 2 aliphatic heterocycles. The van der Waals surface area contributed by atoms with Crippen LogP contribution in [0.15, 0.2) is 0 Å². The summed E-state index contributed by atoms with van der Waals surface area (Å²) < 4.78 is 0. The normalized spacial score (nSPS) is 48.3. The van der Waals surface area contributed by atoms with Crippen molar-refractivity contribution in [1.82, 2.24) is 10.6 Å². The molecule has 2 saturated heterocycles. The van der Waals surface area contributed by atoms with Crippen molar-refractivity contribution in [3.8, 4) is 0 Å². The quantitative estimate of drug-likeness (QED) is 0.410. The van der Waals surface area contributed by atoms with E-state index in [2.05, 4.69) is 10.6 Å². The number of aliphatic hydroxyl groups excluding tert-OH is 1. The predicted octanol–water partition coefficient (Wildman–Crippen LogP) is -1.32. The van der Waals surface area contributed by atoms with Gasteiger partial charge in [0.15, 0.2) is 0 Å². The van der Waals surface area contributed by atoms with Crippen molar-refractivity contribution < 1.29 is 5.11 Å². The van der Waals surface area contributed by atoms with E-state index in [0.29, 0.717) is 6.04 Å². The Kier molecular flexibility index (Phi) is 1.06. The van der Waals surface area contributed by atoms with E-state index in [0.717, 1.165) is 19.5 Å². The third-order valence-electron chi connectivity index (χ3n) is 2.39. The third kappa shape index (κ3) is 0.689. The summed E-state index contributed by atoms with van der Waals surface area (Å²) in [4.78, 5) is 0. The number of rotatable bonds is 1. The summed E-state index contributed by atoms with van der Waals surface area (Å²) in [5.74, 6) is 0. The SMILES string of the molecule is OC[C@]12CN[C@H](CN1)C2. The molecule has 0 radical (unpaired) electrons. The molecule has 9 heavy (non-hydrogen) atoms. The van der Waals surface area contributed by atoms with E-state index in [1.165, 1.54) is 0 Å². The van der Waals surface area contributed by atoms with Crippen LogP contribution in [0.4, 0.5) is 0 Å². The van der Waals surface area contributed by atoms with Gasteiger partial charge in [-0.3, -0.25) is 0 Å². The first kappa shape index (κ1) is 5.65. The first-order chi connectivity index (χ1) is 4.35. The molecule has 0 saturated carbocycles. The molecule has 2 fully saturated rings. The summed E-state index contributed by atoms with van der Waals surface area (Å²) in [6.07, 6.45) is 1.10. The van der Waals surface area contributed by atoms with Crippen molar-refractivity contribution in [2.24, 2.45) is 0 Å². The Morgan fingerprint density at radius 3 is 2.78 bits per heavy atom. The number of hydrogen-bond donors (Lipinski definition) is 3. The summed E-state index contributed by atoms with van der Waals surface area (Å²) in [5.41, 5.74) is 0.0463. The first-order valence-electron chi connectivity index (χ1n) is 3.44. The fourth-order valence-electron chi connectivity index (χ4n) is 1.75. The number of piperazine rings is 1. The smallest absolute Gasteiger partial charge is 0.0626 e. The summed E-state index contributed by atoms with van der Waals surface area (Å²) in [7, 11) is 0. The molecule has 3 heteroatoms. The van der Waals surface area contributed by atoms with Crippen molar-refractivity contribution in [3.05, 3.63) is 0 Å². The molecule has 0 aromatic rings. The van der Waals surface area contributed by atoms with Crippen LogP contribution in [-0.2, 0) is 0 Å². The maximum atomic E-state index is 8.94. The van der Waals surface area contributed by atoms with Crippen LogP contribution in [-0.4, -0.2) is 36.4 Å². The summed E-state index contributed by atoms with van der Waals surface area (Å²) in [5, 5.41) is 15.6. The van der Waals surface area contributed by atoms with Crippen LogP contribution in [0.1, 0.15) is 6.42 Å². The Bertz CT molecular complexity index is 118. The van der Waals surface area contributed by atoms with Crippen LogP contribution in [0.25, 0.3) is 0 Å². The van der Waals surface area contributed by atoms with E-state index in [1.54, 1.807) is 0 Å². The monoisotopic (exact) mass is 128 g/mol. The highest BCUT2D eigenvalue weighted by Gasteiger charge is 2.43. The first-order valence-corrected chi connectivity index (χ1v) is 3.44. The maximum Gasteiger partial charge on any atom is 0.0626 e. The van der Waals surface area contributed by atoms with Gasteiger partial charge in [-0.25, -0.2) is 0 Å². The minimum atomic E-state index is 0.0463. The van der Waals surface area contributed by atoms with Gasteiger partial charge >= 0.3 is 0 Å². The third-order valence-corrected chi connectivity index (χ3v) is 2.39. The van der Waals surface area contributed by atoms with Gasteiger partial charge in [0.1, 0.15) is 0 Å². The van der Waals surface area contributed by atoms with Crippen molar-refractivity contribution >= 4 is 0 Å². The lowest BCUT2D eigenvalue weighted by atomic mass is 10.0. The molecule has 2 rings (SSSR count). The number of fused-ring (bicyclic) bond motifs is 2. The van der Waals surface area contributed by atoms with Crippen LogP contribution < -0.4 is 10.6 Å². The molecule has 2 heterocycles. The zero-order valence-electron chi connectivity index (χ0n) is 5.35. The van der Waals surface area contributed by atoms with E-state index in [4.69, 9.17) is 5.11 Å². The molecular weight excluding hydrogens is 116 g/mol. The Morgan fingerprint density at radius 1 is 1.67 bits per heavy atom. The molecule has 2 aliphatic rings. The molecule has 52 valence electrons. The highest BCUT2D eigenvalue weighted by Crippen LogP contribution is 2.24. The average Bonchev–Trinajstić information content (AvgIpc) is 2.46. The lowest BCUT2D eigenvalue weighted by Crippen LogP contribution is -2.51. The van der Waals surface area contributed by atoms with Crippen LogP contribution in [0.3, 0.4) is 0 Å². The van der Waals surface area contributed by atoms with E-state index in [1.807, 2.05) is 0 Å². The molecule has 2 bridgehead atoms. The molecular formula is C6H12N2O. The fourth-order valence-corrected chi connectivity index (χ4v) is 1.75. The van der Waals surface area contributed by atoms with Crippen LogP contribution in [0.2, 0.25) is 0 Å².